The molecule has 2 heterocycles. The first-order valence-electron chi connectivity index (χ1n) is 9.43. The number of urea groups is 1. The molecule has 4 atom stereocenters. The second kappa shape index (κ2) is 7.11. The zero-order chi connectivity index (χ0) is 19.8. The van der Waals surface area contributed by atoms with E-state index in [1.54, 1.807) is 11.9 Å². The molecule has 1 fully saturated rings. The number of benzene rings is 2. The van der Waals surface area contributed by atoms with Crippen molar-refractivity contribution < 1.29 is 14.3 Å². The van der Waals surface area contributed by atoms with Crippen LogP contribution in [0.1, 0.15) is 31.0 Å². The number of aliphatic imine (C=N–C) groups is 1. The van der Waals surface area contributed by atoms with Gasteiger partial charge in [-0.1, -0.05) is 48.5 Å². The molecule has 0 unspecified atom stereocenters. The van der Waals surface area contributed by atoms with Gasteiger partial charge in [0.05, 0.1) is 12.1 Å². The summed E-state index contributed by atoms with van der Waals surface area (Å²) in [6, 6.07) is 17.6. The molecule has 0 aliphatic carbocycles. The van der Waals surface area contributed by atoms with E-state index in [4.69, 9.17) is 4.74 Å². The summed E-state index contributed by atoms with van der Waals surface area (Å²) in [4.78, 5) is 33.8. The molecule has 0 bridgehead atoms. The maximum Gasteiger partial charge on any atom is 0.327 e. The Labute approximate surface area is 164 Å². The summed E-state index contributed by atoms with van der Waals surface area (Å²) in [7, 11) is 1.73. The number of hydrogen-bond acceptors (Lipinski definition) is 4. The maximum absolute atomic E-state index is 13.4. The molecule has 6 heteroatoms. The first kappa shape index (κ1) is 18.2. The number of amides is 3. The molecule has 144 valence electrons. The van der Waals surface area contributed by atoms with Gasteiger partial charge < -0.3 is 9.64 Å². The Kier molecular flexibility index (Phi) is 4.63. The third-order valence-electron chi connectivity index (χ3n) is 5.50. The van der Waals surface area contributed by atoms with Crippen molar-refractivity contribution in [3.8, 4) is 0 Å². The summed E-state index contributed by atoms with van der Waals surface area (Å²) in [6.45, 7) is 3.77. The Hall–Kier alpha value is -3.15. The largest absolute Gasteiger partial charge is 0.472 e. The van der Waals surface area contributed by atoms with E-state index >= 15 is 0 Å². The van der Waals surface area contributed by atoms with Crippen LogP contribution in [0.2, 0.25) is 0 Å². The Morgan fingerprint density at radius 2 is 1.61 bits per heavy atom. The molecule has 2 aromatic rings. The van der Waals surface area contributed by atoms with Crippen molar-refractivity contribution in [2.45, 2.75) is 38.1 Å². The molecule has 0 aromatic heterocycles. The van der Waals surface area contributed by atoms with Gasteiger partial charge in [0.2, 0.25) is 5.90 Å². The molecule has 4 rings (SSSR count). The molecule has 2 aromatic carbocycles. The Balaban J connectivity index is 1.67. The summed E-state index contributed by atoms with van der Waals surface area (Å²) in [5, 5.41) is 0. The van der Waals surface area contributed by atoms with Crippen LogP contribution in [0.3, 0.4) is 0 Å². The Bertz CT molecular complexity index is 913. The van der Waals surface area contributed by atoms with Gasteiger partial charge in [-0.3, -0.25) is 9.69 Å². The molecule has 0 saturated carbocycles. The minimum Gasteiger partial charge on any atom is -0.472 e. The molecule has 2 aliphatic rings. The number of nitrogens with zero attached hydrogens (tertiary/aromatic N) is 3. The number of hydrogen-bond donors (Lipinski definition) is 0. The third kappa shape index (κ3) is 2.95. The quantitative estimate of drug-likeness (QED) is 0.825. The Morgan fingerprint density at radius 1 is 1.00 bits per heavy atom. The minimum absolute atomic E-state index is 0.131. The van der Waals surface area contributed by atoms with Crippen LogP contribution in [0.5, 0.6) is 0 Å². The highest BCUT2D eigenvalue weighted by Gasteiger charge is 2.49. The van der Waals surface area contributed by atoms with E-state index in [9.17, 15) is 9.59 Å². The Morgan fingerprint density at radius 3 is 2.25 bits per heavy atom. The first-order chi connectivity index (χ1) is 13.5. The van der Waals surface area contributed by atoms with E-state index in [0.29, 0.717) is 5.90 Å². The predicted octanol–water partition coefficient (Wildman–Crippen LogP) is 3.24. The summed E-state index contributed by atoms with van der Waals surface area (Å²) in [6.07, 6.45) is -0.437. The second-order valence-corrected chi connectivity index (χ2v) is 7.27. The van der Waals surface area contributed by atoms with E-state index in [1.807, 2.05) is 74.5 Å². The smallest absolute Gasteiger partial charge is 0.327 e. The van der Waals surface area contributed by atoms with Crippen LogP contribution in [0.15, 0.2) is 65.7 Å². The van der Waals surface area contributed by atoms with Gasteiger partial charge in [-0.05, 0) is 31.5 Å². The second-order valence-electron chi connectivity index (χ2n) is 7.27. The average molecular weight is 377 g/mol. The summed E-state index contributed by atoms with van der Waals surface area (Å²) in [5.41, 5.74) is 1.75. The normalized spacial score (nSPS) is 27.0. The van der Waals surface area contributed by atoms with Gasteiger partial charge in [0.1, 0.15) is 6.10 Å². The van der Waals surface area contributed by atoms with Crippen molar-refractivity contribution >= 4 is 17.8 Å². The average Bonchev–Trinajstić information content (AvgIpc) is 3.22. The van der Waals surface area contributed by atoms with Crippen molar-refractivity contribution in [1.29, 1.82) is 0 Å². The molecule has 0 radical (unpaired) electrons. The SMILES string of the molecule is C[C@@H]1OC(c2ccccc2)=N[C@H]1C(=O)N1C(=O)N(C)[C@@H](C)[C@H]1c1ccccc1. The molecule has 1 saturated heterocycles. The fourth-order valence-corrected chi connectivity index (χ4v) is 3.82. The van der Waals surface area contributed by atoms with Crippen molar-refractivity contribution in [3.63, 3.8) is 0 Å². The predicted molar refractivity (Wildman–Crippen MR) is 106 cm³/mol. The van der Waals surface area contributed by atoms with Gasteiger partial charge in [0.15, 0.2) is 6.04 Å². The number of rotatable bonds is 3. The lowest BCUT2D eigenvalue weighted by Gasteiger charge is -2.26. The van der Waals surface area contributed by atoms with Crippen molar-refractivity contribution in [3.05, 3.63) is 71.8 Å². The first-order valence-corrected chi connectivity index (χ1v) is 9.43. The van der Waals surface area contributed by atoms with Crippen LogP contribution in [-0.4, -0.2) is 52.9 Å². The molecule has 28 heavy (non-hydrogen) atoms. The topological polar surface area (TPSA) is 62.2 Å². The number of carbonyl (C=O) groups excluding carboxylic acids is 2. The van der Waals surface area contributed by atoms with Crippen LogP contribution in [0.25, 0.3) is 0 Å². The summed E-state index contributed by atoms with van der Waals surface area (Å²) < 4.78 is 5.85. The summed E-state index contributed by atoms with van der Waals surface area (Å²) >= 11 is 0. The number of carbonyl (C=O) groups is 2. The van der Waals surface area contributed by atoms with Gasteiger partial charge in [0.25, 0.3) is 5.91 Å². The van der Waals surface area contributed by atoms with E-state index in [2.05, 4.69) is 4.99 Å². The van der Waals surface area contributed by atoms with Crippen LogP contribution < -0.4 is 0 Å². The number of imide groups is 1. The van der Waals surface area contributed by atoms with E-state index in [0.717, 1.165) is 11.1 Å². The van der Waals surface area contributed by atoms with Crippen LogP contribution in [-0.2, 0) is 9.53 Å². The lowest BCUT2D eigenvalue weighted by molar-refractivity contribution is -0.132. The van der Waals surface area contributed by atoms with Gasteiger partial charge >= 0.3 is 6.03 Å². The van der Waals surface area contributed by atoms with Crippen LogP contribution >= 0.6 is 0 Å². The van der Waals surface area contributed by atoms with Gasteiger partial charge in [0, 0.05) is 12.6 Å². The highest BCUT2D eigenvalue weighted by Crippen LogP contribution is 2.36. The molecular weight excluding hydrogens is 354 g/mol. The monoisotopic (exact) mass is 377 g/mol. The summed E-state index contributed by atoms with van der Waals surface area (Å²) in [5.74, 6) is 0.115. The maximum atomic E-state index is 13.4. The zero-order valence-corrected chi connectivity index (χ0v) is 16.1. The van der Waals surface area contributed by atoms with E-state index in [-0.39, 0.29) is 24.0 Å². The van der Waals surface area contributed by atoms with E-state index < -0.39 is 12.1 Å². The zero-order valence-electron chi connectivity index (χ0n) is 16.1. The molecule has 3 amide bonds. The van der Waals surface area contributed by atoms with Crippen LogP contribution in [0.4, 0.5) is 4.79 Å². The standard InChI is InChI=1S/C22H23N3O3/c1-14-19(16-10-6-4-7-11-16)25(22(27)24(14)3)21(26)18-15(2)28-20(23-18)17-12-8-5-9-13-17/h4-15,18-19H,1-3H3/t14-,15-,18+,19-/m0/s1. The van der Waals surface area contributed by atoms with Crippen LogP contribution in [0, 0.1) is 0 Å². The number of ether oxygens (including phenoxy) is 1. The van der Waals surface area contributed by atoms with E-state index in [1.165, 1.54) is 4.90 Å². The molecule has 2 aliphatic heterocycles. The molecule has 0 spiro atoms. The minimum atomic E-state index is -0.746. The van der Waals surface area contributed by atoms with Crippen molar-refractivity contribution in [2.24, 2.45) is 4.99 Å². The van der Waals surface area contributed by atoms with Gasteiger partial charge in [-0.25, -0.2) is 9.79 Å². The number of likely N-dealkylation sites (N-methyl/N-ethyl adjacent to an activating group) is 1. The third-order valence-corrected chi connectivity index (χ3v) is 5.50. The molecular formula is C22H23N3O3. The van der Waals surface area contributed by atoms with Crippen molar-refractivity contribution in [1.82, 2.24) is 9.80 Å². The fourth-order valence-electron chi connectivity index (χ4n) is 3.82. The fraction of sp³-hybridized carbons (Fsp3) is 0.318. The van der Waals surface area contributed by atoms with Gasteiger partial charge in [-0.2, -0.15) is 0 Å². The lowest BCUT2D eigenvalue weighted by atomic mass is 9.99. The molecule has 0 N–H and O–H groups in total. The van der Waals surface area contributed by atoms with Crippen molar-refractivity contribution in [2.75, 3.05) is 7.05 Å². The highest BCUT2D eigenvalue weighted by atomic mass is 16.5. The molecule has 6 nitrogen and oxygen atoms in total. The lowest BCUT2D eigenvalue weighted by Crippen LogP contribution is -2.44. The highest BCUT2D eigenvalue weighted by molar-refractivity contribution is 6.03. The van der Waals surface area contributed by atoms with Gasteiger partial charge in [-0.15, -0.1) is 0 Å².